The van der Waals surface area contributed by atoms with E-state index in [0.717, 1.165) is 23.2 Å². The summed E-state index contributed by atoms with van der Waals surface area (Å²) in [7, 11) is 3.24. The van der Waals surface area contributed by atoms with E-state index in [1.807, 2.05) is 43.3 Å². The maximum absolute atomic E-state index is 6.26. The predicted octanol–water partition coefficient (Wildman–Crippen LogP) is 4.44. The summed E-state index contributed by atoms with van der Waals surface area (Å²) < 4.78 is 10.6. The number of methoxy groups -OCH3 is 2. The van der Waals surface area contributed by atoms with Crippen molar-refractivity contribution in [2.75, 3.05) is 37.1 Å². The van der Waals surface area contributed by atoms with Gasteiger partial charge in [-0.3, -0.25) is 0 Å². The van der Waals surface area contributed by atoms with Crippen molar-refractivity contribution in [3.63, 3.8) is 0 Å². The molecule has 0 aliphatic carbocycles. The van der Waals surface area contributed by atoms with Gasteiger partial charge in [0.25, 0.3) is 0 Å². The van der Waals surface area contributed by atoms with E-state index in [-0.39, 0.29) is 0 Å². The van der Waals surface area contributed by atoms with E-state index in [0.29, 0.717) is 40.4 Å². The van der Waals surface area contributed by atoms with Gasteiger partial charge in [0.2, 0.25) is 0 Å². The Morgan fingerprint density at radius 2 is 1.79 bits per heavy atom. The molecule has 0 saturated carbocycles. The van der Waals surface area contributed by atoms with Crippen LogP contribution >= 0.6 is 11.6 Å². The molecule has 2 aromatic carbocycles. The van der Waals surface area contributed by atoms with Gasteiger partial charge in [-0.1, -0.05) is 23.7 Å². The average Bonchev–Trinajstić information content (AvgIpc) is 2.73. The van der Waals surface area contributed by atoms with E-state index in [2.05, 4.69) is 20.6 Å². The van der Waals surface area contributed by atoms with Crippen molar-refractivity contribution in [3.05, 3.63) is 58.9 Å². The Balaban J connectivity index is 1.68. The smallest absolute Gasteiger partial charge is 0.160 e. The Hall–Kier alpha value is -3.19. The van der Waals surface area contributed by atoms with Gasteiger partial charge in [-0.15, -0.1) is 0 Å². The molecule has 0 bridgehead atoms. The van der Waals surface area contributed by atoms with E-state index in [1.54, 1.807) is 14.2 Å². The first-order valence-electron chi connectivity index (χ1n) is 9.11. The van der Waals surface area contributed by atoms with Crippen LogP contribution < -0.4 is 25.8 Å². The van der Waals surface area contributed by atoms with Crippen molar-refractivity contribution in [2.45, 2.75) is 13.3 Å². The molecule has 29 heavy (non-hydrogen) atoms. The summed E-state index contributed by atoms with van der Waals surface area (Å²) >= 11 is 6.19. The first-order valence-corrected chi connectivity index (χ1v) is 9.48. The van der Waals surface area contributed by atoms with Crippen LogP contribution in [0.15, 0.2) is 42.7 Å². The van der Waals surface area contributed by atoms with Crippen molar-refractivity contribution >= 4 is 34.6 Å². The Bertz CT molecular complexity index is 997. The lowest BCUT2D eigenvalue weighted by Crippen LogP contribution is -2.11. The van der Waals surface area contributed by atoms with E-state index in [1.165, 1.54) is 6.33 Å². The molecular formula is C21H24ClN5O2. The van der Waals surface area contributed by atoms with Crippen LogP contribution in [-0.2, 0) is 6.42 Å². The van der Waals surface area contributed by atoms with Gasteiger partial charge in [-0.25, -0.2) is 9.97 Å². The molecule has 0 unspecified atom stereocenters. The second-order valence-corrected chi connectivity index (χ2v) is 6.80. The first kappa shape index (κ1) is 20.5. The molecule has 152 valence electrons. The Morgan fingerprint density at radius 3 is 2.55 bits per heavy atom. The average molecular weight is 414 g/mol. The van der Waals surface area contributed by atoms with Crippen LogP contribution in [0, 0.1) is 6.92 Å². The second kappa shape index (κ2) is 9.34. The zero-order valence-electron chi connectivity index (χ0n) is 16.6. The van der Waals surface area contributed by atoms with Crippen LogP contribution in [0.5, 0.6) is 11.5 Å². The molecule has 3 rings (SSSR count). The Morgan fingerprint density at radius 1 is 1.03 bits per heavy atom. The fraction of sp³-hybridized carbons (Fsp3) is 0.238. The summed E-state index contributed by atoms with van der Waals surface area (Å²) in [6, 6.07) is 11.5. The molecule has 1 aromatic heterocycles. The van der Waals surface area contributed by atoms with Gasteiger partial charge >= 0.3 is 0 Å². The summed E-state index contributed by atoms with van der Waals surface area (Å²) in [5.41, 5.74) is 9.59. The molecule has 4 N–H and O–H groups in total. The third kappa shape index (κ3) is 4.81. The molecule has 7 nitrogen and oxygen atoms in total. The number of benzene rings is 2. The van der Waals surface area contributed by atoms with Crippen LogP contribution in [0.4, 0.5) is 23.0 Å². The highest BCUT2D eigenvalue weighted by atomic mass is 35.5. The minimum Gasteiger partial charge on any atom is -0.493 e. The second-order valence-electron chi connectivity index (χ2n) is 6.39. The minimum absolute atomic E-state index is 0.444. The highest BCUT2D eigenvalue weighted by molar-refractivity contribution is 6.31. The monoisotopic (exact) mass is 413 g/mol. The summed E-state index contributed by atoms with van der Waals surface area (Å²) in [5.74, 6) is 2.51. The van der Waals surface area contributed by atoms with Gasteiger partial charge in [0.1, 0.15) is 12.0 Å². The van der Waals surface area contributed by atoms with E-state index in [4.69, 9.17) is 26.8 Å². The Kier molecular flexibility index (Phi) is 6.61. The third-order valence-electron chi connectivity index (χ3n) is 4.56. The molecule has 0 fully saturated rings. The molecule has 0 spiro atoms. The quantitative estimate of drug-likeness (QED) is 0.502. The van der Waals surface area contributed by atoms with Crippen molar-refractivity contribution in [1.29, 1.82) is 0 Å². The predicted molar refractivity (Wildman–Crippen MR) is 118 cm³/mol. The number of halogens is 1. The topological polar surface area (TPSA) is 94.3 Å². The van der Waals surface area contributed by atoms with E-state index >= 15 is 0 Å². The molecule has 0 radical (unpaired) electrons. The Labute approximate surface area is 175 Å². The number of rotatable bonds is 8. The molecule has 8 heteroatoms. The molecule has 0 amide bonds. The number of aromatic nitrogens is 2. The lowest BCUT2D eigenvalue weighted by atomic mass is 10.1. The summed E-state index contributed by atoms with van der Waals surface area (Å²) in [4.78, 5) is 8.51. The van der Waals surface area contributed by atoms with Crippen LogP contribution in [0.1, 0.15) is 11.1 Å². The largest absolute Gasteiger partial charge is 0.493 e. The maximum atomic E-state index is 6.26. The highest BCUT2D eigenvalue weighted by Gasteiger charge is 2.11. The minimum atomic E-state index is 0.444. The van der Waals surface area contributed by atoms with E-state index in [9.17, 15) is 0 Å². The molecule has 0 aliphatic rings. The van der Waals surface area contributed by atoms with Gasteiger partial charge < -0.3 is 25.8 Å². The fourth-order valence-electron chi connectivity index (χ4n) is 2.87. The number of hydrogen-bond donors (Lipinski definition) is 3. The molecule has 3 aromatic rings. The van der Waals surface area contributed by atoms with Gasteiger partial charge in [-0.05, 0) is 48.7 Å². The molecule has 1 heterocycles. The molecule has 0 saturated heterocycles. The van der Waals surface area contributed by atoms with Gasteiger partial charge in [0.05, 0.1) is 14.2 Å². The number of nitrogen functional groups attached to an aromatic ring is 1. The van der Waals surface area contributed by atoms with Gasteiger partial charge in [0, 0.05) is 17.3 Å². The molecule has 0 atom stereocenters. The van der Waals surface area contributed by atoms with Crippen LogP contribution in [0.25, 0.3) is 0 Å². The van der Waals surface area contributed by atoms with Crippen molar-refractivity contribution < 1.29 is 9.47 Å². The number of nitrogens with zero attached hydrogens (tertiary/aromatic N) is 2. The lowest BCUT2D eigenvalue weighted by Gasteiger charge is -2.14. The summed E-state index contributed by atoms with van der Waals surface area (Å²) in [5, 5.41) is 7.17. The number of nitrogens with two attached hydrogens (primary N) is 1. The van der Waals surface area contributed by atoms with Crippen molar-refractivity contribution in [2.24, 2.45) is 0 Å². The first-order chi connectivity index (χ1) is 14.0. The van der Waals surface area contributed by atoms with Gasteiger partial charge in [0.15, 0.2) is 23.1 Å². The highest BCUT2D eigenvalue weighted by Crippen LogP contribution is 2.30. The number of ether oxygens (including phenoxy) is 2. The number of hydrogen-bond acceptors (Lipinski definition) is 7. The van der Waals surface area contributed by atoms with E-state index < -0.39 is 0 Å². The number of nitrogens with one attached hydrogen (secondary N) is 2. The summed E-state index contributed by atoms with van der Waals surface area (Å²) in [6.07, 6.45) is 2.23. The third-order valence-corrected chi connectivity index (χ3v) is 4.97. The van der Waals surface area contributed by atoms with Crippen molar-refractivity contribution in [3.8, 4) is 11.5 Å². The zero-order chi connectivity index (χ0) is 20.8. The fourth-order valence-corrected chi connectivity index (χ4v) is 3.04. The van der Waals surface area contributed by atoms with Crippen LogP contribution in [0.3, 0.4) is 0 Å². The zero-order valence-corrected chi connectivity index (χ0v) is 17.4. The van der Waals surface area contributed by atoms with Crippen LogP contribution in [-0.4, -0.2) is 30.7 Å². The maximum Gasteiger partial charge on any atom is 0.160 e. The van der Waals surface area contributed by atoms with Gasteiger partial charge in [-0.2, -0.15) is 0 Å². The SMILES string of the molecule is COc1ccc(CCNc2ncnc(Nc3cccc(Cl)c3C)c2N)cc1OC. The number of anilines is 4. The van der Waals surface area contributed by atoms with Crippen LogP contribution in [0.2, 0.25) is 5.02 Å². The van der Waals surface area contributed by atoms with Crippen molar-refractivity contribution in [1.82, 2.24) is 9.97 Å². The molecule has 0 aliphatic heterocycles. The normalized spacial score (nSPS) is 10.5. The standard InChI is InChI=1S/C21H24ClN5O2/c1-13-15(22)5-4-6-16(13)27-21-19(23)20(25-12-26-21)24-10-9-14-7-8-17(28-2)18(11-14)29-3/h4-8,11-12H,9-10,23H2,1-3H3,(H2,24,25,26,27). The lowest BCUT2D eigenvalue weighted by molar-refractivity contribution is 0.354. The summed E-state index contributed by atoms with van der Waals surface area (Å²) in [6.45, 7) is 2.58. The molecular weight excluding hydrogens is 390 g/mol.